The molecule has 0 unspecified atom stereocenters. The summed E-state index contributed by atoms with van der Waals surface area (Å²) in [5.74, 6) is -0.537. The smallest absolute Gasteiger partial charge is 0.220 e. The molecule has 1 aromatic carbocycles. The molecular weight excluding hydrogens is 422 g/mol. The van der Waals surface area contributed by atoms with Crippen LogP contribution in [0.15, 0.2) is 54.6 Å². The van der Waals surface area contributed by atoms with E-state index >= 15 is 0 Å². The summed E-state index contributed by atoms with van der Waals surface area (Å²) in [4.78, 5) is 11.7. The van der Waals surface area contributed by atoms with Crippen LogP contribution in [0.5, 0.6) is 0 Å². The van der Waals surface area contributed by atoms with Gasteiger partial charge in [0.1, 0.15) is 0 Å². The summed E-state index contributed by atoms with van der Waals surface area (Å²) < 4.78 is 0. The highest BCUT2D eigenvalue weighted by atomic mass is 16.3. The fraction of sp³-hybridized carbons (Fsp3) is 0.577. The first kappa shape index (κ1) is 27.2. The molecule has 7 heteroatoms. The normalized spacial score (nSPS) is 24.2. The van der Waals surface area contributed by atoms with Crippen LogP contribution in [0.25, 0.3) is 0 Å². The highest BCUT2D eigenvalue weighted by molar-refractivity contribution is 5.76. The third kappa shape index (κ3) is 9.78. The van der Waals surface area contributed by atoms with E-state index in [4.69, 9.17) is 10.2 Å². The van der Waals surface area contributed by atoms with Gasteiger partial charge in [-0.25, -0.2) is 0 Å². The van der Waals surface area contributed by atoms with Gasteiger partial charge in [0.15, 0.2) is 0 Å². The Bertz CT molecular complexity index is 734. The third-order valence-corrected chi connectivity index (χ3v) is 6.20. The van der Waals surface area contributed by atoms with Crippen molar-refractivity contribution in [2.45, 2.75) is 69.3 Å². The van der Waals surface area contributed by atoms with Crippen molar-refractivity contribution in [1.82, 2.24) is 5.32 Å². The second-order valence-electron chi connectivity index (χ2n) is 8.82. The molecule has 0 saturated heterocycles. The Kier molecular flexibility index (Phi) is 12.4. The molecule has 6 N–H and O–H groups in total. The molecular formula is C26H39NO6. The number of allylic oxidation sites excluding steroid dienone is 2. The number of benzene rings is 1. The summed E-state index contributed by atoms with van der Waals surface area (Å²) in [7, 11) is 0. The minimum absolute atomic E-state index is 0.119. The number of hydrogen-bond donors (Lipinski definition) is 6. The van der Waals surface area contributed by atoms with Gasteiger partial charge < -0.3 is 30.8 Å². The van der Waals surface area contributed by atoms with Crippen LogP contribution in [-0.4, -0.2) is 69.0 Å². The lowest BCUT2D eigenvalue weighted by Gasteiger charge is -2.19. The van der Waals surface area contributed by atoms with E-state index in [-0.39, 0.29) is 31.0 Å². The summed E-state index contributed by atoms with van der Waals surface area (Å²) >= 11 is 0. The molecule has 1 fully saturated rings. The Balaban J connectivity index is 1.74. The lowest BCUT2D eigenvalue weighted by atomic mass is 9.89. The van der Waals surface area contributed by atoms with Crippen LogP contribution in [0, 0.1) is 11.8 Å². The minimum Gasteiger partial charge on any atom is -0.394 e. The topological polar surface area (TPSA) is 130 Å². The van der Waals surface area contributed by atoms with Crippen LogP contribution in [0.1, 0.15) is 44.1 Å². The number of amides is 1. The molecule has 1 aromatic rings. The van der Waals surface area contributed by atoms with E-state index in [1.165, 1.54) is 5.56 Å². The molecule has 0 aromatic heterocycles. The first-order valence-corrected chi connectivity index (χ1v) is 11.9. The molecule has 0 aliphatic heterocycles. The van der Waals surface area contributed by atoms with Gasteiger partial charge in [-0.05, 0) is 43.6 Å². The first-order valence-electron chi connectivity index (χ1n) is 11.9. The van der Waals surface area contributed by atoms with Gasteiger partial charge in [-0.1, -0.05) is 54.6 Å². The maximum atomic E-state index is 11.7. The van der Waals surface area contributed by atoms with Crippen molar-refractivity contribution in [2.24, 2.45) is 11.8 Å². The predicted molar refractivity (Wildman–Crippen MR) is 127 cm³/mol. The van der Waals surface area contributed by atoms with Crippen molar-refractivity contribution >= 4 is 5.91 Å². The molecule has 1 amide bonds. The van der Waals surface area contributed by atoms with Crippen LogP contribution in [0.2, 0.25) is 0 Å². The van der Waals surface area contributed by atoms with Crippen LogP contribution in [-0.2, 0) is 11.2 Å². The van der Waals surface area contributed by atoms with Crippen molar-refractivity contribution in [1.29, 1.82) is 0 Å². The van der Waals surface area contributed by atoms with Gasteiger partial charge in [-0.15, -0.1) is 0 Å². The zero-order chi connectivity index (χ0) is 24.1. The fourth-order valence-electron chi connectivity index (χ4n) is 4.22. The molecule has 1 saturated carbocycles. The summed E-state index contributed by atoms with van der Waals surface area (Å²) in [6.07, 6.45) is 9.62. The van der Waals surface area contributed by atoms with Crippen LogP contribution < -0.4 is 5.32 Å². The van der Waals surface area contributed by atoms with Crippen molar-refractivity contribution in [3.63, 3.8) is 0 Å². The Morgan fingerprint density at radius 3 is 2.52 bits per heavy atom. The average molecular weight is 462 g/mol. The second-order valence-corrected chi connectivity index (χ2v) is 8.82. The number of carbonyl (C=O) groups excluding carboxylic acids is 1. The SMILES string of the molecule is O=C(CCC/C=C\C[C@@H]1[C@@H](/C=C/[C@@H](O)CCc2ccccc2)[C@H](O)C[C@@H]1O)NC(CO)CO. The molecule has 1 aliphatic rings. The summed E-state index contributed by atoms with van der Waals surface area (Å²) in [5, 5.41) is 51.6. The Morgan fingerprint density at radius 1 is 1.09 bits per heavy atom. The second kappa shape index (κ2) is 15.0. The molecule has 33 heavy (non-hydrogen) atoms. The van der Waals surface area contributed by atoms with E-state index in [0.29, 0.717) is 38.5 Å². The lowest BCUT2D eigenvalue weighted by molar-refractivity contribution is -0.122. The van der Waals surface area contributed by atoms with E-state index in [1.807, 2.05) is 48.6 Å². The summed E-state index contributed by atoms with van der Waals surface area (Å²) in [6, 6.07) is 9.36. The number of hydrogen-bond acceptors (Lipinski definition) is 6. The number of unbranched alkanes of at least 4 members (excludes halogenated alkanes) is 1. The number of nitrogens with one attached hydrogen (secondary N) is 1. The largest absolute Gasteiger partial charge is 0.394 e. The molecule has 0 heterocycles. The predicted octanol–water partition coefficient (Wildman–Crippen LogP) is 1.48. The highest BCUT2D eigenvalue weighted by Crippen LogP contribution is 2.36. The van der Waals surface area contributed by atoms with E-state index in [9.17, 15) is 20.1 Å². The number of aliphatic hydroxyl groups excluding tert-OH is 5. The van der Waals surface area contributed by atoms with Crippen molar-refractivity contribution in [2.75, 3.05) is 13.2 Å². The molecule has 184 valence electrons. The van der Waals surface area contributed by atoms with Gasteiger partial charge in [0.05, 0.1) is 37.6 Å². The zero-order valence-electron chi connectivity index (χ0n) is 19.2. The van der Waals surface area contributed by atoms with Crippen molar-refractivity contribution in [3.8, 4) is 0 Å². The molecule has 0 bridgehead atoms. The average Bonchev–Trinajstić information content (AvgIpc) is 3.09. The van der Waals surface area contributed by atoms with Crippen molar-refractivity contribution < 1.29 is 30.3 Å². The van der Waals surface area contributed by atoms with Crippen molar-refractivity contribution in [3.05, 3.63) is 60.2 Å². The van der Waals surface area contributed by atoms with E-state index < -0.39 is 24.4 Å². The monoisotopic (exact) mass is 461 g/mol. The number of carbonyl (C=O) groups is 1. The van der Waals surface area contributed by atoms with E-state index in [0.717, 1.165) is 6.42 Å². The molecule has 0 radical (unpaired) electrons. The highest BCUT2D eigenvalue weighted by Gasteiger charge is 2.39. The maximum Gasteiger partial charge on any atom is 0.220 e. The number of aliphatic hydroxyl groups is 5. The van der Waals surface area contributed by atoms with Crippen LogP contribution in [0.4, 0.5) is 0 Å². The lowest BCUT2D eigenvalue weighted by Crippen LogP contribution is -2.39. The summed E-state index contributed by atoms with van der Waals surface area (Å²) in [6.45, 7) is -0.589. The molecule has 0 spiro atoms. The Hall–Kier alpha value is -2.03. The van der Waals surface area contributed by atoms with Crippen LogP contribution in [0.3, 0.4) is 0 Å². The van der Waals surface area contributed by atoms with Gasteiger partial charge in [0, 0.05) is 18.8 Å². The molecule has 1 aliphatic carbocycles. The Labute approximate surface area is 196 Å². The quantitative estimate of drug-likeness (QED) is 0.184. The van der Waals surface area contributed by atoms with E-state index in [1.54, 1.807) is 6.08 Å². The van der Waals surface area contributed by atoms with E-state index in [2.05, 4.69) is 5.32 Å². The number of aryl methyl sites for hydroxylation is 1. The number of rotatable bonds is 14. The molecule has 5 atom stereocenters. The fourth-order valence-corrected chi connectivity index (χ4v) is 4.22. The molecule has 2 rings (SSSR count). The van der Waals surface area contributed by atoms with Gasteiger partial charge in [-0.3, -0.25) is 4.79 Å². The summed E-state index contributed by atoms with van der Waals surface area (Å²) in [5.41, 5.74) is 1.17. The minimum atomic E-state index is -0.634. The van der Waals surface area contributed by atoms with Crippen LogP contribution >= 0.6 is 0 Å². The van der Waals surface area contributed by atoms with Gasteiger partial charge in [0.2, 0.25) is 5.91 Å². The first-order chi connectivity index (χ1) is 15.9. The molecule has 7 nitrogen and oxygen atoms in total. The van der Waals surface area contributed by atoms with Gasteiger partial charge >= 0.3 is 0 Å². The Morgan fingerprint density at radius 2 is 1.82 bits per heavy atom. The van der Waals surface area contributed by atoms with Gasteiger partial charge in [0.25, 0.3) is 0 Å². The zero-order valence-corrected chi connectivity index (χ0v) is 19.2. The maximum absolute atomic E-state index is 11.7. The third-order valence-electron chi connectivity index (χ3n) is 6.20. The standard InChI is InChI=1S/C26H39NO6/c28-17-20(18-29)27-26(33)11-7-2-1-6-10-22-23(25(32)16-24(22)31)15-14-21(30)13-12-19-8-4-3-5-9-19/h1,3-6,8-9,14-15,20-25,28-32H,2,7,10-13,16-18H2,(H,27,33)/b6-1-,15-14+/t21-,22+,23+,24-,25+/m0/s1. The van der Waals surface area contributed by atoms with Gasteiger partial charge in [-0.2, -0.15) is 0 Å².